The number of nitrogens with one attached hydrogen (secondary N) is 1. The van der Waals surface area contributed by atoms with Crippen molar-refractivity contribution >= 4 is 34.0 Å². The molecule has 1 amide bonds. The molecule has 40 heavy (non-hydrogen) atoms. The summed E-state index contributed by atoms with van der Waals surface area (Å²) < 4.78 is 6.88. The van der Waals surface area contributed by atoms with Gasteiger partial charge >= 0.3 is 6.09 Å². The molecule has 2 aliphatic rings. The predicted octanol–water partition coefficient (Wildman–Crippen LogP) is 3.94. The number of cyclic esters (lactones) is 1. The molecular weight excluding hydrogens is 528 g/mol. The number of aliphatic hydroxyl groups excluding tert-OH is 1. The van der Waals surface area contributed by atoms with Crippen LogP contribution in [0.25, 0.3) is 21.5 Å². The van der Waals surface area contributed by atoms with Gasteiger partial charge in [0.05, 0.1) is 52.3 Å². The number of aryl methyl sites for hydroxylation is 2. The zero-order valence-corrected chi connectivity index (χ0v) is 23.0. The van der Waals surface area contributed by atoms with Crippen molar-refractivity contribution in [3.63, 3.8) is 0 Å². The number of nitriles is 1. The molecule has 2 aromatic carbocycles. The number of benzene rings is 2. The maximum Gasteiger partial charge on any atom is 0.410 e. The Hall–Kier alpha value is -4.27. The number of hydrogen-bond donors (Lipinski definition) is 2. The first kappa shape index (κ1) is 26.0. The molecule has 2 saturated heterocycles. The van der Waals surface area contributed by atoms with Crippen molar-refractivity contribution in [2.45, 2.75) is 51.9 Å². The van der Waals surface area contributed by atoms with E-state index in [1.165, 1.54) is 11.3 Å². The van der Waals surface area contributed by atoms with E-state index in [2.05, 4.69) is 11.4 Å². The van der Waals surface area contributed by atoms with Gasteiger partial charge in [0.25, 0.3) is 5.56 Å². The Balaban J connectivity index is 1.42. The van der Waals surface area contributed by atoms with E-state index < -0.39 is 0 Å². The van der Waals surface area contributed by atoms with E-state index in [1.807, 2.05) is 38.1 Å². The van der Waals surface area contributed by atoms with Crippen molar-refractivity contribution in [3.05, 3.63) is 74.3 Å². The predicted molar refractivity (Wildman–Crippen MR) is 151 cm³/mol. The van der Waals surface area contributed by atoms with Gasteiger partial charge in [-0.05, 0) is 56.5 Å². The van der Waals surface area contributed by atoms with Gasteiger partial charge in [-0.25, -0.2) is 14.8 Å². The summed E-state index contributed by atoms with van der Waals surface area (Å²) >= 11 is 1.42. The average Bonchev–Trinajstić information content (AvgIpc) is 3.52. The number of piperidine rings is 1. The first-order valence-electron chi connectivity index (χ1n) is 13.2. The monoisotopic (exact) mass is 556 g/mol. The van der Waals surface area contributed by atoms with Crippen LogP contribution < -0.4 is 10.9 Å². The van der Waals surface area contributed by atoms with Crippen molar-refractivity contribution < 1.29 is 14.6 Å². The van der Waals surface area contributed by atoms with Crippen LogP contribution in [-0.2, 0) is 17.9 Å². The highest BCUT2D eigenvalue weighted by Gasteiger charge is 2.38. The number of hydrogen-bond acceptors (Lipinski definition) is 9. The van der Waals surface area contributed by atoms with E-state index in [0.717, 1.165) is 45.2 Å². The van der Waals surface area contributed by atoms with E-state index in [0.29, 0.717) is 42.0 Å². The number of aromatic nitrogens is 3. The summed E-state index contributed by atoms with van der Waals surface area (Å²) in [7, 11) is 0. The van der Waals surface area contributed by atoms with E-state index >= 15 is 0 Å². The van der Waals surface area contributed by atoms with Crippen LogP contribution in [0.1, 0.15) is 40.4 Å². The number of nitrogens with zero attached hydrogens (tertiary/aromatic N) is 5. The topological polar surface area (TPSA) is 133 Å². The van der Waals surface area contributed by atoms with Crippen LogP contribution in [-0.4, -0.2) is 55.9 Å². The second kappa shape index (κ2) is 10.4. The molecule has 0 radical (unpaired) electrons. The fourth-order valence-electron chi connectivity index (χ4n) is 5.47. The summed E-state index contributed by atoms with van der Waals surface area (Å²) in [6.07, 6.45) is 1.22. The summed E-state index contributed by atoms with van der Waals surface area (Å²) in [5.74, 6) is 0.582. The lowest BCUT2D eigenvalue weighted by Crippen LogP contribution is -2.45. The van der Waals surface area contributed by atoms with E-state index in [4.69, 9.17) is 20.0 Å². The van der Waals surface area contributed by atoms with Crippen molar-refractivity contribution in [2.24, 2.45) is 0 Å². The quantitative estimate of drug-likeness (QED) is 0.365. The van der Waals surface area contributed by atoms with Crippen molar-refractivity contribution in [3.8, 4) is 16.6 Å². The number of carbonyl (C=O) groups is 1. The first-order valence-corrected chi connectivity index (χ1v) is 14.0. The second-order valence-electron chi connectivity index (χ2n) is 10.2. The van der Waals surface area contributed by atoms with Gasteiger partial charge in [-0.1, -0.05) is 12.1 Å². The number of aliphatic hydroxyl groups is 1. The van der Waals surface area contributed by atoms with Gasteiger partial charge in [0.1, 0.15) is 17.4 Å². The molecule has 10 nitrogen and oxygen atoms in total. The van der Waals surface area contributed by atoms with Gasteiger partial charge in [0, 0.05) is 23.8 Å². The van der Waals surface area contributed by atoms with E-state index in [1.54, 1.807) is 21.6 Å². The highest BCUT2D eigenvalue weighted by Crippen LogP contribution is 2.37. The number of ether oxygens (including phenoxy) is 1. The Morgan fingerprint density at radius 3 is 2.73 bits per heavy atom. The molecule has 2 N–H and O–H groups in total. The zero-order chi connectivity index (χ0) is 28.0. The summed E-state index contributed by atoms with van der Waals surface area (Å²) in [6, 6.07) is 13.1. The number of rotatable bonds is 6. The minimum absolute atomic E-state index is 0.0275. The smallest absolute Gasteiger partial charge is 0.410 e. The fourth-order valence-corrected chi connectivity index (χ4v) is 6.42. The minimum atomic E-state index is -0.256. The highest BCUT2D eigenvalue weighted by molar-refractivity contribution is 7.15. The third-order valence-electron chi connectivity index (χ3n) is 7.68. The third kappa shape index (κ3) is 4.69. The summed E-state index contributed by atoms with van der Waals surface area (Å²) in [6.45, 7) is 4.92. The standard InChI is InChI=1S/C29H28N6O4S/c1-16-26(14-36)40-27(31-16)22-10-25-23(11-24(22)33-20-7-8-34-21(9-20)15-39-29(34)38)28(37)35(17(2)32-25)13-19-5-3-18(12-30)4-6-19/h3-6,10-11,20-21,33,36H,7-9,13-15H2,1-2H3/t20-,21-/m0/s1. The molecule has 2 aromatic heterocycles. The molecule has 204 valence electrons. The maximum absolute atomic E-state index is 13.8. The molecule has 0 saturated carbocycles. The van der Waals surface area contributed by atoms with Crippen molar-refractivity contribution in [1.29, 1.82) is 5.26 Å². The Bertz CT molecular complexity index is 1720. The van der Waals surface area contributed by atoms with Crippen LogP contribution in [0.2, 0.25) is 0 Å². The molecule has 0 unspecified atom stereocenters. The molecule has 0 aliphatic carbocycles. The molecule has 11 heteroatoms. The van der Waals surface area contributed by atoms with Gasteiger partial charge < -0.3 is 20.1 Å². The molecule has 2 atom stereocenters. The molecular formula is C29H28N6O4S. The summed E-state index contributed by atoms with van der Waals surface area (Å²) in [5.41, 5.74) is 4.23. The largest absolute Gasteiger partial charge is 0.447 e. The van der Waals surface area contributed by atoms with Crippen LogP contribution in [0.15, 0.2) is 41.2 Å². The number of anilines is 1. The molecule has 6 rings (SSSR count). The molecule has 2 fully saturated rings. The number of thiazole rings is 1. The number of amides is 1. The van der Waals surface area contributed by atoms with Gasteiger partial charge in [0.2, 0.25) is 0 Å². The summed E-state index contributed by atoms with van der Waals surface area (Å²) in [4.78, 5) is 37.9. The number of carbonyl (C=O) groups excluding carboxylic acids is 1. The maximum atomic E-state index is 13.8. The highest BCUT2D eigenvalue weighted by atomic mass is 32.1. The van der Waals surface area contributed by atoms with E-state index in [9.17, 15) is 14.7 Å². The average molecular weight is 557 g/mol. The molecule has 4 heterocycles. The van der Waals surface area contributed by atoms with Crippen LogP contribution in [0.5, 0.6) is 0 Å². The Kier molecular flexibility index (Phi) is 6.73. The van der Waals surface area contributed by atoms with Crippen molar-refractivity contribution in [1.82, 2.24) is 19.4 Å². The van der Waals surface area contributed by atoms with Gasteiger partial charge in [0.15, 0.2) is 0 Å². The molecule has 0 spiro atoms. The minimum Gasteiger partial charge on any atom is -0.447 e. The van der Waals surface area contributed by atoms with Crippen LogP contribution >= 0.6 is 11.3 Å². The lowest BCUT2D eigenvalue weighted by atomic mass is 9.97. The molecule has 4 aromatic rings. The summed E-state index contributed by atoms with van der Waals surface area (Å²) in [5, 5.41) is 23.7. The van der Waals surface area contributed by atoms with Crippen molar-refractivity contribution in [2.75, 3.05) is 18.5 Å². The fraction of sp³-hybridized carbons (Fsp3) is 0.345. The second-order valence-corrected chi connectivity index (χ2v) is 11.3. The Labute approximate surface area is 234 Å². The lowest BCUT2D eigenvalue weighted by molar-refractivity contribution is 0.153. The molecule has 2 aliphatic heterocycles. The zero-order valence-electron chi connectivity index (χ0n) is 22.2. The van der Waals surface area contributed by atoms with E-state index in [-0.39, 0.29) is 30.3 Å². The van der Waals surface area contributed by atoms with Crippen LogP contribution in [0, 0.1) is 25.2 Å². The third-order valence-corrected chi connectivity index (χ3v) is 8.86. The lowest BCUT2D eigenvalue weighted by Gasteiger charge is -2.33. The Morgan fingerprint density at radius 1 is 1.20 bits per heavy atom. The van der Waals surface area contributed by atoms with Gasteiger partial charge in [-0.2, -0.15) is 5.26 Å². The number of fused-ring (bicyclic) bond motifs is 2. The Morgan fingerprint density at radius 2 is 2.00 bits per heavy atom. The van der Waals surface area contributed by atoms with Crippen LogP contribution in [0.4, 0.5) is 10.5 Å². The van der Waals surface area contributed by atoms with Gasteiger partial charge in [-0.3, -0.25) is 9.36 Å². The normalized spacial score (nSPS) is 18.4. The molecule has 0 bridgehead atoms. The first-order chi connectivity index (χ1) is 19.3. The van der Waals surface area contributed by atoms with Gasteiger partial charge in [-0.15, -0.1) is 11.3 Å². The SMILES string of the molecule is Cc1nc(-c2cc3nc(C)n(Cc4ccc(C#N)cc4)c(=O)c3cc2N[C@H]2CCN3C(=O)OC[C@@H]3C2)sc1CO. The van der Waals surface area contributed by atoms with Crippen LogP contribution in [0.3, 0.4) is 0 Å².